The Morgan fingerprint density at radius 2 is 1.84 bits per heavy atom. The molecule has 0 aliphatic carbocycles. The van der Waals surface area contributed by atoms with Crippen LogP contribution in [0.25, 0.3) is 0 Å². The maximum absolute atomic E-state index is 12.2. The molecule has 9 heteroatoms. The number of likely N-dealkylation sites (N-methyl/N-ethyl adjacent to an activating group) is 1. The third kappa shape index (κ3) is 5.66. The molecule has 2 aromatic rings. The summed E-state index contributed by atoms with van der Waals surface area (Å²) in [6.07, 6.45) is 0.335. The van der Waals surface area contributed by atoms with Crippen LogP contribution in [0.5, 0.6) is 0 Å². The van der Waals surface area contributed by atoms with Gasteiger partial charge in [-0.3, -0.25) is 9.59 Å². The molecule has 0 fully saturated rings. The van der Waals surface area contributed by atoms with Crippen LogP contribution in [0.3, 0.4) is 0 Å². The summed E-state index contributed by atoms with van der Waals surface area (Å²) in [6, 6.07) is 11.5. The fraction of sp³-hybridized carbons (Fsp3) is 0.250. The second-order valence-corrected chi connectivity index (χ2v) is 8.32. The smallest absolute Gasteiger partial charge is 0.247 e. The Morgan fingerprint density at radius 1 is 1.16 bits per heavy atom. The van der Waals surface area contributed by atoms with Crippen LogP contribution in [0, 0.1) is 0 Å². The van der Waals surface area contributed by atoms with Crippen molar-refractivity contribution in [3.63, 3.8) is 0 Å². The minimum Gasteiger partial charge on any atom is -0.357 e. The molecule has 7 nitrogen and oxygen atoms in total. The lowest BCUT2D eigenvalue weighted by Crippen LogP contribution is -2.47. The minimum absolute atomic E-state index is 0.00226. The number of carbonyl (C=O) groups is 2. The first-order valence-electron chi connectivity index (χ1n) is 7.46. The van der Waals surface area contributed by atoms with E-state index in [0.29, 0.717) is 11.3 Å². The highest BCUT2D eigenvalue weighted by atomic mass is 32.2. The van der Waals surface area contributed by atoms with E-state index in [1.807, 2.05) is 30.3 Å². The van der Waals surface area contributed by atoms with Gasteiger partial charge in [-0.2, -0.15) is 0 Å². The van der Waals surface area contributed by atoms with Crippen molar-refractivity contribution >= 4 is 33.2 Å². The van der Waals surface area contributed by atoms with Crippen LogP contribution in [0.4, 0.5) is 0 Å². The molecule has 134 valence electrons. The number of primary sulfonamides is 1. The highest BCUT2D eigenvalue weighted by Gasteiger charge is 2.21. The molecule has 0 radical (unpaired) electrons. The number of nitrogens with one attached hydrogen (secondary N) is 2. The van der Waals surface area contributed by atoms with Crippen LogP contribution < -0.4 is 15.8 Å². The molecule has 1 unspecified atom stereocenters. The van der Waals surface area contributed by atoms with Crippen LogP contribution in [0.1, 0.15) is 10.4 Å². The van der Waals surface area contributed by atoms with Gasteiger partial charge in [-0.1, -0.05) is 30.3 Å². The summed E-state index contributed by atoms with van der Waals surface area (Å²) in [7, 11) is -2.27. The van der Waals surface area contributed by atoms with Gasteiger partial charge in [0.25, 0.3) is 0 Å². The topological polar surface area (TPSA) is 118 Å². The quantitative estimate of drug-likeness (QED) is 0.644. The van der Waals surface area contributed by atoms with E-state index in [9.17, 15) is 18.0 Å². The lowest BCUT2D eigenvalue weighted by molar-refractivity contribution is -0.128. The molecule has 0 aliphatic heterocycles. The van der Waals surface area contributed by atoms with Gasteiger partial charge in [-0.15, -0.1) is 11.3 Å². The lowest BCUT2D eigenvalue weighted by atomic mass is 10.1. The van der Waals surface area contributed by atoms with Crippen LogP contribution in [0.2, 0.25) is 0 Å². The number of sulfonamides is 1. The first kappa shape index (κ1) is 19.1. The van der Waals surface area contributed by atoms with Crippen molar-refractivity contribution in [3.8, 4) is 0 Å². The van der Waals surface area contributed by atoms with Gasteiger partial charge in [0.15, 0.2) is 0 Å². The number of benzene rings is 1. The zero-order chi connectivity index (χ0) is 18.4. The Morgan fingerprint density at radius 3 is 2.40 bits per heavy atom. The summed E-state index contributed by atoms with van der Waals surface area (Å²) in [4.78, 5) is 24.8. The van der Waals surface area contributed by atoms with Gasteiger partial charge in [0.2, 0.25) is 21.8 Å². The van der Waals surface area contributed by atoms with E-state index in [1.54, 1.807) is 0 Å². The maximum Gasteiger partial charge on any atom is 0.247 e. The Kier molecular flexibility index (Phi) is 6.29. The summed E-state index contributed by atoms with van der Waals surface area (Å²) in [5.74, 6) is -0.666. The second-order valence-electron chi connectivity index (χ2n) is 5.37. The van der Waals surface area contributed by atoms with Crippen molar-refractivity contribution in [1.29, 1.82) is 0 Å². The van der Waals surface area contributed by atoms with Gasteiger partial charge in [0.05, 0.1) is 6.42 Å². The Balaban J connectivity index is 2.04. The van der Waals surface area contributed by atoms with Gasteiger partial charge < -0.3 is 10.6 Å². The van der Waals surface area contributed by atoms with Crippen molar-refractivity contribution in [3.05, 3.63) is 52.9 Å². The third-order valence-corrected chi connectivity index (χ3v) is 5.96. The van der Waals surface area contributed by atoms with E-state index >= 15 is 0 Å². The lowest BCUT2D eigenvalue weighted by Gasteiger charge is -2.17. The average molecular weight is 381 g/mol. The molecular formula is C16H19N3O4S2. The van der Waals surface area contributed by atoms with Gasteiger partial charge in [0.1, 0.15) is 10.3 Å². The predicted molar refractivity (Wildman–Crippen MR) is 95.5 cm³/mol. The van der Waals surface area contributed by atoms with Crippen LogP contribution in [-0.2, 0) is 32.5 Å². The highest BCUT2D eigenvalue weighted by Crippen LogP contribution is 2.20. The Labute approximate surface area is 150 Å². The second kappa shape index (κ2) is 8.24. The molecule has 2 rings (SSSR count). The predicted octanol–water partition coefficient (Wildman–Crippen LogP) is 0.411. The van der Waals surface area contributed by atoms with E-state index in [0.717, 1.165) is 16.9 Å². The van der Waals surface area contributed by atoms with E-state index in [1.165, 1.54) is 19.2 Å². The fourth-order valence-corrected chi connectivity index (χ4v) is 4.02. The highest BCUT2D eigenvalue weighted by molar-refractivity contribution is 7.91. The number of hydrogen-bond acceptors (Lipinski definition) is 5. The molecule has 0 bridgehead atoms. The van der Waals surface area contributed by atoms with E-state index < -0.39 is 16.1 Å². The number of rotatable bonds is 7. The van der Waals surface area contributed by atoms with Crippen molar-refractivity contribution in [2.24, 2.45) is 5.14 Å². The number of hydrogen-bond donors (Lipinski definition) is 3. The first-order valence-corrected chi connectivity index (χ1v) is 9.82. The molecule has 0 aliphatic rings. The molecule has 1 atom stereocenters. The molecule has 0 saturated carbocycles. The summed E-state index contributed by atoms with van der Waals surface area (Å²) in [5.41, 5.74) is 0.920. The minimum atomic E-state index is -3.78. The van der Waals surface area contributed by atoms with Gasteiger partial charge in [-0.25, -0.2) is 13.6 Å². The zero-order valence-electron chi connectivity index (χ0n) is 13.6. The van der Waals surface area contributed by atoms with Gasteiger partial charge >= 0.3 is 0 Å². The van der Waals surface area contributed by atoms with E-state index in [4.69, 9.17) is 5.14 Å². The molecule has 0 saturated heterocycles. The van der Waals surface area contributed by atoms with Crippen molar-refractivity contribution in [2.75, 3.05) is 7.05 Å². The largest absolute Gasteiger partial charge is 0.357 e. The fourth-order valence-electron chi connectivity index (χ4n) is 2.24. The van der Waals surface area contributed by atoms with E-state index in [2.05, 4.69) is 10.6 Å². The molecular weight excluding hydrogens is 362 g/mol. The standard InChI is InChI=1S/C16H19N3O4S2/c1-18-16(21)13(9-11-5-3-2-4-6-11)19-14(20)10-12-7-8-15(24-12)25(17,22)23/h2-8,13H,9-10H2,1H3,(H,18,21)(H,19,20)(H2,17,22,23). The third-order valence-electron chi connectivity index (χ3n) is 3.43. The first-order chi connectivity index (χ1) is 11.8. The van der Waals surface area contributed by atoms with Gasteiger partial charge in [0, 0.05) is 18.3 Å². The number of amides is 2. The molecule has 2 amide bonds. The Bertz CT molecular complexity index is 847. The monoisotopic (exact) mass is 381 g/mol. The summed E-state index contributed by atoms with van der Waals surface area (Å²) in [5, 5.41) is 10.3. The van der Waals surface area contributed by atoms with Crippen LogP contribution >= 0.6 is 11.3 Å². The number of nitrogens with two attached hydrogens (primary N) is 1. The van der Waals surface area contributed by atoms with Crippen LogP contribution in [0.15, 0.2) is 46.7 Å². The summed E-state index contributed by atoms with van der Waals surface area (Å²) in [6.45, 7) is 0. The number of carbonyl (C=O) groups excluding carboxylic acids is 2. The average Bonchev–Trinajstić information content (AvgIpc) is 3.03. The zero-order valence-corrected chi connectivity index (χ0v) is 15.2. The molecule has 25 heavy (non-hydrogen) atoms. The van der Waals surface area contributed by atoms with Crippen molar-refractivity contribution in [1.82, 2.24) is 10.6 Å². The Hall–Kier alpha value is -2.23. The normalized spacial score (nSPS) is 12.4. The molecule has 0 spiro atoms. The molecule has 1 aromatic heterocycles. The summed E-state index contributed by atoms with van der Waals surface area (Å²) >= 11 is 0.939. The number of thiophene rings is 1. The molecule has 1 heterocycles. The van der Waals surface area contributed by atoms with Crippen molar-refractivity contribution in [2.45, 2.75) is 23.1 Å². The maximum atomic E-state index is 12.2. The molecule has 4 N–H and O–H groups in total. The summed E-state index contributed by atoms with van der Waals surface area (Å²) < 4.78 is 22.6. The van der Waals surface area contributed by atoms with Crippen LogP contribution in [-0.4, -0.2) is 33.3 Å². The molecule has 1 aromatic carbocycles. The SMILES string of the molecule is CNC(=O)C(Cc1ccccc1)NC(=O)Cc1ccc(S(N)(=O)=O)s1. The van der Waals surface area contributed by atoms with Gasteiger partial charge in [-0.05, 0) is 17.7 Å². The van der Waals surface area contributed by atoms with Crippen molar-refractivity contribution < 1.29 is 18.0 Å². The van der Waals surface area contributed by atoms with E-state index in [-0.39, 0.29) is 22.4 Å².